The van der Waals surface area contributed by atoms with Gasteiger partial charge in [0.2, 0.25) is 0 Å². The molecule has 162 valence electrons. The van der Waals surface area contributed by atoms with Crippen molar-refractivity contribution >= 4 is 33.7 Å². The average Bonchev–Trinajstić information content (AvgIpc) is 3.40. The number of H-pyrrole nitrogens is 1. The van der Waals surface area contributed by atoms with Crippen LogP contribution in [-0.2, 0) is 4.74 Å². The largest absolute Gasteiger partial charge is 0.491 e. The lowest BCUT2D eigenvalue weighted by atomic mass is 10.2. The van der Waals surface area contributed by atoms with E-state index >= 15 is 0 Å². The van der Waals surface area contributed by atoms with Crippen LogP contribution in [0.25, 0.3) is 33.3 Å². The smallest absolute Gasteiger partial charge is 0.257 e. The molecule has 5 rings (SSSR count). The molecule has 1 atom stereocenters. The molecule has 31 heavy (non-hydrogen) atoms. The van der Waals surface area contributed by atoms with Crippen LogP contribution in [0.4, 0.5) is 0 Å². The molecule has 0 aliphatic carbocycles. The Balaban J connectivity index is 1.72. The highest BCUT2D eigenvalue weighted by atomic mass is 35.5. The summed E-state index contributed by atoms with van der Waals surface area (Å²) in [7, 11) is 3.21. The van der Waals surface area contributed by atoms with E-state index < -0.39 is 0 Å². The number of methoxy groups -OCH3 is 2. The fourth-order valence-corrected chi connectivity index (χ4v) is 4.40. The van der Waals surface area contributed by atoms with Crippen molar-refractivity contribution in [3.8, 4) is 22.9 Å². The standard InChI is InChI=1S/C22H24ClN5O3/c1-13(27-6-8-31-9-7-27)28-12-15(17-10-14-16(23)4-5-24-21(14)25-17)20-18(28)11-19(29-2)22(26-20)30-3/h4-5,10-13H,6-9H2,1-3H3,(H,24,25). The summed E-state index contributed by atoms with van der Waals surface area (Å²) < 4.78 is 18.8. The SMILES string of the molecule is COc1cc2c(nc1OC)c(-c1cc3c(Cl)ccnc3[nH]1)cn2C(C)N1CCOCC1. The molecular weight excluding hydrogens is 418 g/mol. The van der Waals surface area contributed by atoms with Gasteiger partial charge >= 0.3 is 0 Å². The van der Waals surface area contributed by atoms with E-state index in [0.717, 1.165) is 59.6 Å². The minimum absolute atomic E-state index is 0.117. The molecule has 0 amide bonds. The van der Waals surface area contributed by atoms with Crippen LogP contribution in [0, 0.1) is 0 Å². The zero-order valence-electron chi connectivity index (χ0n) is 17.7. The molecule has 4 aromatic rings. The van der Waals surface area contributed by atoms with Gasteiger partial charge in [-0.15, -0.1) is 0 Å². The van der Waals surface area contributed by atoms with Crippen LogP contribution >= 0.6 is 11.6 Å². The summed E-state index contributed by atoms with van der Waals surface area (Å²) in [5.41, 5.74) is 4.37. The van der Waals surface area contributed by atoms with Gasteiger partial charge < -0.3 is 23.8 Å². The van der Waals surface area contributed by atoms with Crippen LogP contribution in [0.3, 0.4) is 0 Å². The summed E-state index contributed by atoms with van der Waals surface area (Å²) in [5, 5.41) is 1.53. The molecule has 1 fully saturated rings. The van der Waals surface area contributed by atoms with Crippen molar-refractivity contribution in [3.63, 3.8) is 0 Å². The first-order chi connectivity index (χ1) is 15.1. The number of aromatic nitrogens is 4. The summed E-state index contributed by atoms with van der Waals surface area (Å²) in [6.07, 6.45) is 3.93. The monoisotopic (exact) mass is 441 g/mol. The van der Waals surface area contributed by atoms with Crippen LogP contribution < -0.4 is 9.47 Å². The van der Waals surface area contributed by atoms with E-state index in [2.05, 4.69) is 32.6 Å². The fourth-order valence-electron chi connectivity index (χ4n) is 4.20. The minimum atomic E-state index is 0.117. The molecule has 1 aliphatic heterocycles. The number of hydrogen-bond donors (Lipinski definition) is 1. The number of nitrogens with zero attached hydrogens (tertiary/aromatic N) is 4. The molecule has 0 bridgehead atoms. The van der Waals surface area contributed by atoms with Gasteiger partial charge in [-0.3, -0.25) is 4.90 Å². The second-order valence-corrected chi connectivity index (χ2v) is 7.94. The second kappa shape index (κ2) is 8.03. The molecule has 4 aromatic heterocycles. The first-order valence-corrected chi connectivity index (χ1v) is 10.6. The molecule has 0 saturated carbocycles. The van der Waals surface area contributed by atoms with Gasteiger partial charge in [-0.25, -0.2) is 9.97 Å². The summed E-state index contributed by atoms with van der Waals surface area (Å²) >= 11 is 6.38. The summed E-state index contributed by atoms with van der Waals surface area (Å²) in [5.74, 6) is 1.04. The first-order valence-electron chi connectivity index (χ1n) is 10.2. The van der Waals surface area contributed by atoms with Crippen LogP contribution in [0.2, 0.25) is 5.02 Å². The summed E-state index contributed by atoms with van der Waals surface area (Å²) in [6, 6.07) is 5.79. The van der Waals surface area contributed by atoms with Crippen molar-refractivity contribution in [2.24, 2.45) is 0 Å². The molecule has 1 saturated heterocycles. The average molecular weight is 442 g/mol. The number of aromatic amines is 1. The van der Waals surface area contributed by atoms with Crippen molar-refractivity contribution in [2.45, 2.75) is 13.1 Å². The van der Waals surface area contributed by atoms with E-state index in [1.54, 1.807) is 26.5 Å². The summed E-state index contributed by atoms with van der Waals surface area (Å²) in [4.78, 5) is 15.0. The number of nitrogens with one attached hydrogen (secondary N) is 1. The first kappa shape index (κ1) is 20.1. The number of ether oxygens (including phenoxy) is 3. The maximum absolute atomic E-state index is 6.38. The predicted octanol–water partition coefficient (Wildman–Crippen LogP) is 4.10. The molecule has 9 heteroatoms. The molecule has 1 unspecified atom stereocenters. The zero-order chi connectivity index (χ0) is 21.5. The van der Waals surface area contributed by atoms with E-state index in [4.69, 9.17) is 30.8 Å². The van der Waals surface area contributed by atoms with Gasteiger partial charge in [-0.05, 0) is 19.1 Å². The Morgan fingerprint density at radius 3 is 2.71 bits per heavy atom. The van der Waals surface area contributed by atoms with Crippen molar-refractivity contribution in [1.82, 2.24) is 24.4 Å². The van der Waals surface area contributed by atoms with Gasteiger partial charge in [-0.1, -0.05) is 11.6 Å². The third-order valence-electron chi connectivity index (χ3n) is 5.89. The Hall–Kier alpha value is -2.81. The Kier molecular flexibility index (Phi) is 5.21. The highest BCUT2D eigenvalue weighted by Crippen LogP contribution is 2.38. The van der Waals surface area contributed by atoms with E-state index in [-0.39, 0.29) is 6.17 Å². The molecule has 0 spiro atoms. The Morgan fingerprint density at radius 2 is 2.00 bits per heavy atom. The quantitative estimate of drug-likeness (QED) is 0.502. The van der Waals surface area contributed by atoms with Gasteiger partial charge in [0.25, 0.3) is 5.88 Å². The van der Waals surface area contributed by atoms with Crippen molar-refractivity contribution in [2.75, 3.05) is 40.5 Å². The Morgan fingerprint density at radius 1 is 1.19 bits per heavy atom. The van der Waals surface area contributed by atoms with Gasteiger partial charge in [0, 0.05) is 42.5 Å². The lowest BCUT2D eigenvalue weighted by molar-refractivity contribution is 0.00479. The number of morpholine rings is 1. The van der Waals surface area contributed by atoms with Crippen LogP contribution in [0.5, 0.6) is 11.6 Å². The zero-order valence-corrected chi connectivity index (χ0v) is 18.4. The minimum Gasteiger partial charge on any atom is -0.491 e. The molecule has 1 N–H and O–H groups in total. The number of hydrogen-bond acceptors (Lipinski definition) is 6. The third kappa shape index (κ3) is 3.40. The van der Waals surface area contributed by atoms with Crippen LogP contribution in [-0.4, -0.2) is 64.9 Å². The lowest BCUT2D eigenvalue weighted by Gasteiger charge is -2.33. The molecule has 5 heterocycles. The van der Waals surface area contributed by atoms with Crippen molar-refractivity contribution < 1.29 is 14.2 Å². The third-order valence-corrected chi connectivity index (χ3v) is 6.22. The molecule has 8 nitrogen and oxygen atoms in total. The van der Waals surface area contributed by atoms with Gasteiger partial charge in [0.1, 0.15) is 11.2 Å². The van der Waals surface area contributed by atoms with E-state index in [1.807, 2.05) is 12.1 Å². The maximum Gasteiger partial charge on any atom is 0.257 e. The van der Waals surface area contributed by atoms with E-state index in [1.165, 1.54) is 0 Å². The normalized spacial score (nSPS) is 16.1. The van der Waals surface area contributed by atoms with E-state index in [0.29, 0.717) is 16.7 Å². The number of fused-ring (bicyclic) bond motifs is 2. The second-order valence-electron chi connectivity index (χ2n) is 7.54. The van der Waals surface area contributed by atoms with Crippen molar-refractivity contribution in [3.05, 3.63) is 35.6 Å². The fraction of sp³-hybridized carbons (Fsp3) is 0.364. The number of rotatable bonds is 5. The summed E-state index contributed by atoms with van der Waals surface area (Å²) in [6.45, 7) is 5.41. The topological polar surface area (TPSA) is 77.4 Å². The Bertz CT molecular complexity index is 1250. The predicted molar refractivity (Wildman–Crippen MR) is 120 cm³/mol. The number of halogens is 1. The van der Waals surface area contributed by atoms with Crippen molar-refractivity contribution in [1.29, 1.82) is 0 Å². The highest BCUT2D eigenvalue weighted by molar-refractivity contribution is 6.35. The number of pyridine rings is 2. The maximum atomic E-state index is 6.38. The van der Waals surface area contributed by atoms with E-state index in [9.17, 15) is 0 Å². The molecular formula is C22H24ClN5O3. The lowest BCUT2D eigenvalue weighted by Crippen LogP contribution is -2.40. The van der Waals surface area contributed by atoms with Gasteiger partial charge in [-0.2, -0.15) is 0 Å². The molecule has 1 aliphatic rings. The van der Waals surface area contributed by atoms with Crippen LogP contribution in [0.1, 0.15) is 13.1 Å². The highest BCUT2D eigenvalue weighted by Gasteiger charge is 2.24. The van der Waals surface area contributed by atoms with Gasteiger partial charge in [0.15, 0.2) is 5.75 Å². The Labute approximate surface area is 184 Å². The van der Waals surface area contributed by atoms with Gasteiger partial charge in [0.05, 0.1) is 49.8 Å². The molecule has 0 radical (unpaired) electrons. The molecule has 0 aromatic carbocycles. The van der Waals surface area contributed by atoms with Crippen LogP contribution in [0.15, 0.2) is 30.6 Å².